The second kappa shape index (κ2) is 10.1. The molecule has 0 atom stereocenters. The van der Waals surface area contributed by atoms with E-state index in [-0.39, 0.29) is 11.8 Å². The maximum Gasteiger partial charge on any atom is 0.223 e. The number of amides is 2. The zero-order chi connectivity index (χ0) is 14.7. The van der Waals surface area contributed by atoms with Crippen LogP contribution in [0.25, 0.3) is 0 Å². The van der Waals surface area contributed by atoms with E-state index in [1.54, 1.807) is 38.2 Å². The second-order valence-electron chi connectivity index (χ2n) is 4.05. The minimum atomic E-state index is -0.0581. The number of nitrogens with zero attached hydrogens (tertiary/aromatic N) is 2. The topological polar surface area (TPSA) is 71.0 Å². The molecule has 0 heterocycles. The van der Waals surface area contributed by atoms with Crippen LogP contribution in [0.1, 0.15) is 26.7 Å². The lowest BCUT2D eigenvalue weighted by molar-refractivity contribution is -0.127. The maximum atomic E-state index is 10.9. The first-order valence-corrected chi connectivity index (χ1v) is 6.22. The third-order valence-electron chi connectivity index (χ3n) is 2.43. The summed E-state index contributed by atoms with van der Waals surface area (Å²) >= 11 is 0. The Balaban J connectivity index is 3.76. The molecule has 0 aromatic rings. The first-order valence-electron chi connectivity index (χ1n) is 6.22. The van der Waals surface area contributed by atoms with E-state index < -0.39 is 0 Å². The van der Waals surface area contributed by atoms with Gasteiger partial charge in [-0.3, -0.25) is 9.59 Å². The molecule has 6 nitrogen and oxygen atoms in total. The molecule has 0 rings (SSSR count). The summed E-state index contributed by atoms with van der Waals surface area (Å²) in [6.45, 7) is 4.45. The highest BCUT2D eigenvalue weighted by Crippen LogP contribution is 1.92. The largest absolute Gasteiger partial charge is 0.481 e. The van der Waals surface area contributed by atoms with E-state index in [1.165, 1.54) is 6.92 Å². The maximum absolute atomic E-state index is 10.9. The molecule has 0 saturated carbocycles. The van der Waals surface area contributed by atoms with Gasteiger partial charge in [-0.2, -0.15) is 0 Å². The fourth-order valence-electron chi connectivity index (χ4n) is 1.14. The molecular formula is C13H23N3O3. The van der Waals surface area contributed by atoms with E-state index in [1.807, 2.05) is 0 Å². The van der Waals surface area contributed by atoms with Gasteiger partial charge in [0.1, 0.15) is 0 Å². The Kier molecular flexibility index (Phi) is 9.12. The Morgan fingerprint density at radius 2 is 2.05 bits per heavy atom. The molecule has 2 amide bonds. The van der Waals surface area contributed by atoms with Crippen molar-refractivity contribution < 1.29 is 14.3 Å². The van der Waals surface area contributed by atoms with Gasteiger partial charge in [0.05, 0.1) is 6.61 Å². The van der Waals surface area contributed by atoms with Crippen molar-refractivity contribution in [2.45, 2.75) is 26.7 Å². The smallest absolute Gasteiger partial charge is 0.223 e. The predicted octanol–water partition coefficient (Wildman–Crippen LogP) is 0.940. The van der Waals surface area contributed by atoms with E-state index in [0.29, 0.717) is 25.5 Å². The molecule has 0 saturated heterocycles. The number of carbonyl (C=O) groups is 2. The Bertz CT molecular complexity index is 351. The third kappa shape index (κ3) is 9.82. The van der Waals surface area contributed by atoms with Gasteiger partial charge in [0.25, 0.3) is 0 Å². The van der Waals surface area contributed by atoms with Crippen LogP contribution in [0.2, 0.25) is 0 Å². The number of hydrogen-bond acceptors (Lipinski definition) is 4. The predicted molar refractivity (Wildman–Crippen MR) is 74.8 cm³/mol. The zero-order valence-electron chi connectivity index (χ0n) is 12.1. The van der Waals surface area contributed by atoms with Crippen LogP contribution >= 0.6 is 0 Å². The normalized spacial score (nSPS) is 11.5. The minimum Gasteiger partial charge on any atom is -0.481 e. The molecule has 1 N–H and O–H groups in total. The summed E-state index contributed by atoms with van der Waals surface area (Å²) in [6, 6.07) is 0. The number of ether oxygens (including phenoxy) is 1. The van der Waals surface area contributed by atoms with Gasteiger partial charge >= 0.3 is 0 Å². The lowest BCUT2D eigenvalue weighted by Crippen LogP contribution is -2.25. The Morgan fingerprint density at radius 3 is 2.63 bits per heavy atom. The molecule has 0 spiro atoms. The van der Waals surface area contributed by atoms with Gasteiger partial charge in [-0.25, -0.2) is 4.99 Å². The van der Waals surface area contributed by atoms with Crippen LogP contribution < -0.4 is 5.32 Å². The number of aliphatic imine (C=N–C) groups is 1. The van der Waals surface area contributed by atoms with Crippen molar-refractivity contribution in [3.05, 3.63) is 12.3 Å². The molecule has 0 aromatic carbocycles. The lowest BCUT2D eigenvalue weighted by Gasteiger charge is -2.14. The average Bonchev–Trinajstić information content (AvgIpc) is 2.38. The van der Waals surface area contributed by atoms with Crippen molar-refractivity contribution in [3.63, 3.8) is 0 Å². The van der Waals surface area contributed by atoms with Crippen LogP contribution in [-0.4, -0.2) is 49.9 Å². The quantitative estimate of drug-likeness (QED) is 0.425. The summed E-state index contributed by atoms with van der Waals surface area (Å²) in [5.41, 5.74) is 0. The summed E-state index contributed by atoms with van der Waals surface area (Å²) in [4.78, 5) is 27.5. The third-order valence-corrected chi connectivity index (χ3v) is 2.43. The number of carbonyl (C=O) groups excluding carboxylic acids is 2. The zero-order valence-corrected chi connectivity index (χ0v) is 12.1. The standard InChI is InChI=1S/C13H23N3O3/c1-11(15-8-5-7-13(18)14-3)19-10-6-9-16(4)12(2)17/h5,8H,6-7,9-10H2,1-4H3,(H,14,18)/b8-5-,15-11?. The van der Waals surface area contributed by atoms with Crippen LogP contribution in [0.5, 0.6) is 0 Å². The van der Waals surface area contributed by atoms with Crippen molar-refractivity contribution in [2.24, 2.45) is 4.99 Å². The van der Waals surface area contributed by atoms with Crippen LogP contribution in [-0.2, 0) is 14.3 Å². The van der Waals surface area contributed by atoms with Crippen LogP contribution in [0, 0.1) is 0 Å². The van der Waals surface area contributed by atoms with E-state index >= 15 is 0 Å². The Labute approximate surface area is 114 Å². The Hall–Kier alpha value is -1.85. The molecular weight excluding hydrogens is 246 g/mol. The van der Waals surface area contributed by atoms with Crippen molar-refractivity contribution in [1.82, 2.24) is 10.2 Å². The van der Waals surface area contributed by atoms with Crippen molar-refractivity contribution >= 4 is 17.7 Å². The molecule has 19 heavy (non-hydrogen) atoms. The molecule has 0 radical (unpaired) electrons. The van der Waals surface area contributed by atoms with Gasteiger partial charge in [-0.15, -0.1) is 0 Å². The molecule has 0 unspecified atom stereocenters. The Morgan fingerprint density at radius 1 is 1.37 bits per heavy atom. The van der Waals surface area contributed by atoms with Crippen molar-refractivity contribution in [3.8, 4) is 0 Å². The van der Waals surface area contributed by atoms with Gasteiger partial charge in [-0.1, -0.05) is 6.08 Å². The summed E-state index contributed by atoms with van der Waals surface area (Å²) < 4.78 is 5.37. The monoisotopic (exact) mass is 269 g/mol. The SMILES string of the molecule is CNC(=O)C/C=C\N=C(C)OCCCN(C)C(C)=O. The van der Waals surface area contributed by atoms with Gasteiger partial charge in [0.15, 0.2) is 5.90 Å². The summed E-state index contributed by atoms with van der Waals surface area (Å²) in [7, 11) is 3.34. The molecule has 0 aliphatic carbocycles. The van der Waals surface area contributed by atoms with Gasteiger partial charge in [-0.05, 0) is 6.42 Å². The molecule has 0 fully saturated rings. The van der Waals surface area contributed by atoms with Crippen LogP contribution in [0.4, 0.5) is 0 Å². The summed E-state index contributed by atoms with van der Waals surface area (Å²) in [5.74, 6) is 0.526. The van der Waals surface area contributed by atoms with Crippen molar-refractivity contribution in [2.75, 3.05) is 27.2 Å². The highest BCUT2D eigenvalue weighted by molar-refractivity contribution is 5.77. The molecule has 108 valence electrons. The minimum absolute atomic E-state index is 0.0440. The number of hydrogen-bond donors (Lipinski definition) is 1. The molecule has 6 heteroatoms. The van der Waals surface area contributed by atoms with Gasteiger partial charge in [0, 0.05) is 47.1 Å². The molecule has 0 aromatic heterocycles. The molecule has 0 aliphatic rings. The lowest BCUT2D eigenvalue weighted by atomic mass is 10.4. The van der Waals surface area contributed by atoms with E-state index in [0.717, 1.165) is 6.42 Å². The fraction of sp³-hybridized carbons (Fsp3) is 0.615. The second-order valence-corrected chi connectivity index (χ2v) is 4.05. The number of nitrogens with one attached hydrogen (secondary N) is 1. The van der Waals surface area contributed by atoms with Gasteiger partial charge < -0.3 is 15.0 Å². The molecule has 0 bridgehead atoms. The van der Waals surface area contributed by atoms with Crippen molar-refractivity contribution in [1.29, 1.82) is 0 Å². The highest BCUT2D eigenvalue weighted by Gasteiger charge is 2.01. The summed E-state index contributed by atoms with van der Waals surface area (Å²) in [5, 5.41) is 2.51. The number of rotatable bonds is 7. The fourth-order valence-corrected chi connectivity index (χ4v) is 1.14. The van der Waals surface area contributed by atoms with Gasteiger partial charge in [0.2, 0.25) is 11.8 Å². The first-order chi connectivity index (χ1) is 8.97. The first kappa shape index (κ1) is 17.2. The van der Waals surface area contributed by atoms with Crippen LogP contribution in [0.15, 0.2) is 17.3 Å². The van der Waals surface area contributed by atoms with E-state index in [4.69, 9.17) is 4.74 Å². The van der Waals surface area contributed by atoms with Crippen LogP contribution in [0.3, 0.4) is 0 Å². The van der Waals surface area contributed by atoms with E-state index in [9.17, 15) is 9.59 Å². The summed E-state index contributed by atoms with van der Waals surface area (Å²) in [6.07, 6.45) is 4.27. The molecule has 0 aliphatic heterocycles. The van der Waals surface area contributed by atoms with E-state index in [2.05, 4.69) is 10.3 Å². The average molecular weight is 269 g/mol. The highest BCUT2D eigenvalue weighted by atomic mass is 16.5.